The predicted molar refractivity (Wildman–Crippen MR) is 71.3 cm³/mol. The number of alkyl carbamates (subject to hydrolysis) is 1. The van der Waals surface area contributed by atoms with Crippen LogP contribution in [0.15, 0.2) is 0 Å². The number of Topliss-reactive ketones (excluding diaryl/α,β-unsaturated/α-hetero) is 1. The minimum Gasteiger partial charge on any atom is -0.444 e. The Morgan fingerprint density at radius 3 is 2.28 bits per heavy atom. The highest BCUT2D eigenvalue weighted by atomic mass is 16.6. The van der Waals surface area contributed by atoms with Gasteiger partial charge in [-0.1, -0.05) is 13.8 Å². The lowest BCUT2D eigenvalue weighted by atomic mass is 9.99. The monoisotopic (exact) mass is 258 g/mol. The number of ether oxygens (including phenoxy) is 1. The van der Waals surface area contributed by atoms with Crippen molar-refractivity contribution in [2.24, 2.45) is 11.7 Å². The van der Waals surface area contributed by atoms with Crippen molar-refractivity contribution in [3.63, 3.8) is 0 Å². The SMILES string of the molecule is CC(C)C(=O)C(N)CCCNC(=O)OC(C)(C)C. The van der Waals surface area contributed by atoms with Crippen molar-refractivity contribution in [2.75, 3.05) is 6.54 Å². The fourth-order valence-corrected chi connectivity index (χ4v) is 1.40. The number of hydrogen-bond acceptors (Lipinski definition) is 4. The van der Waals surface area contributed by atoms with Crippen LogP contribution in [-0.4, -0.2) is 30.1 Å². The Labute approximate surface area is 109 Å². The minimum atomic E-state index is -0.492. The third-order valence-electron chi connectivity index (χ3n) is 2.29. The van der Waals surface area contributed by atoms with Gasteiger partial charge >= 0.3 is 6.09 Å². The van der Waals surface area contributed by atoms with Crippen molar-refractivity contribution < 1.29 is 14.3 Å². The van der Waals surface area contributed by atoms with Crippen LogP contribution in [0.25, 0.3) is 0 Å². The quantitative estimate of drug-likeness (QED) is 0.712. The molecular formula is C13H26N2O3. The van der Waals surface area contributed by atoms with E-state index in [1.54, 1.807) is 0 Å². The lowest BCUT2D eigenvalue weighted by Crippen LogP contribution is -2.36. The van der Waals surface area contributed by atoms with Crippen molar-refractivity contribution in [2.45, 2.75) is 59.1 Å². The standard InChI is InChI=1S/C13H26N2O3/c1-9(2)11(16)10(14)7-6-8-15-12(17)18-13(3,4)5/h9-10H,6-8,14H2,1-5H3,(H,15,17). The van der Waals surface area contributed by atoms with E-state index in [4.69, 9.17) is 10.5 Å². The van der Waals surface area contributed by atoms with Crippen LogP contribution in [0.1, 0.15) is 47.5 Å². The summed E-state index contributed by atoms with van der Waals surface area (Å²) in [6.07, 6.45) is 0.803. The van der Waals surface area contributed by atoms with Gasteiger partial charge in [-0.2, -0.15) is 0 Å². The molecule has 0 rings (SSSR count). The second-order valence-electron chi connectivity index (χ2n) is 5.73. The van der Waals surface area contributed by atoms with Gasteiger partial charge in [-0.25, -0.2) is 4.79 Å². The molecule has 0 saturated heterocycles. The Morgan fingerprint density at radius 2 is 1.83 bits per heavy atom. The van der Waals surface area contributed by atoms with Gasteiger partial charge in [-0.05, 0) is 33.6 Å². The van der Waals surface area contributed by atoms with E-state index in [1.165, 1.54) is 0 Å². The van der Waals surface area contributed by atoms with E-state index in [0.717, 1.165) is 0 Å². The zero-order valence-electron chi connectivity index (χ0n) is 12.1. The van der Waals surface area contributed by atoms with E-state index in [0.29, 0.717) is 19.4 Å². The van der Waals surface area contributed by atoms with Gasteiger partial charge in [-0.3, -0.25) is 4.79 Å². The summed E-state index contributed by atoms with van der Waals surface area (Å²) in [4.78, 5) is 22.8. The lowest BCUT2D eigenvalue weighted by molar-refractivity contribution is -0.123. The van der Waals surface area contributed by atoms with Crippen LogP contribution < -0.4 is 11.1 Å². The molecule has 1 amide bonds. The van der Waals surface area contributed by atoms with Crippen LogP contribution in [0.4, 0.5) is 4.79 Å². The van der Waals surface area contributed by atoms with Gasteiger partial charge in [0.15, 0.2) is 5.78 Å². The molecule has 106 valence electrons. The van der Waals surface area contributed by atoms with Crippen LogP contribution in [-0.2, 0) is 9.53 Å². The van der Waals surface area contributed by atoms with E-state index in [1.807, 2.05) is 34.6 Å². The highest BCUT2D eigenvalue weighted by Crippen LogP contribution is 2.07. The average Bonchev–Trinajstić information content (AvgIpc) is 2.20. The number of rotatable bonds is 6. The van der Waals surface area contributed by atoms with Gasteiger partial charge in [0.2, 0.25) is 0 Å². The summed E-state index contributed by atoms with van der Waals surface area (Å²) in [6, 6.07) is -0.439. The smallest absolute Gasteiger partial charge is 0.407 e. The molecule has 0 spiro atoms. The Hall–Kier alpha value is -1.10. The normalized spacial score (nSPS) is 13.3. The largest absolute Gasteiger partial charge is 0.444 e. The molecule has 0 aliphatic carbocycles. The van der Waals surface area contributed by atoms with Crippen molar-refractivity contribution >= 4 is 11.9 Å². The average molecular weight is 258 g/mol. The van der Waals surface area contributed by atoms with Gasteiger partial charge in [0.1, 0.15) is 5.60 Å². The molecule has 5 nitrogen and oxygen atoms in total. The molecule has 3 N–H and O–H groups in total. The number of carbonyl (C=O) groups is 2. The van der Waals surface area contributed by atoms with Crippen molar-refractivity contribution in [3.05, 3.63) is 0 Å². The molecule has 0 bridgehead atoms. The van der Waals surface area contributed by atoms with E-state index >= 15 is 0 Å². The molecule has 0 heterocycles. The van der Waals surface area contributed by atoms with Gasteiger partial charge in [-0.15, -0.1) is 0 Å². The molecule has 5 heteroatoms. The van der Waals surface area contributed by atoms with Crippen LogP contribution in [0, 0.1) is 5.92 Å². The first-order chi connectivity index (χ1) is 8.13. The molecule has 0 radical (unpaired) electrons. The van der Waals surface area contributed by atoms with E-state index in [-0.39, 0.29) is 11.7 Å². The van der Waals surface area contributed by atoms with Gasteiger partial charge < -0.3 is 15.8 Å². The summed E-state index contributed by atoms with van der Waals surface area (Å²) in [5.74, 6) is 0.0195. The number of hydrogen-bond donors (Lipinski definition) is 2. The Kier molecular flexibility index (Phi) is 6.91. The molecule has 1 atom stereocenters. The summed E-state index contributed by atoms with van der Waals surface area (Å²) < 4.78 is 5.08. The first kappa shape index (κ1) is 16.9. The third-order valence-corrected chi connectivity index (χ3v) is 2.29. The minimum absolute atomic E-state index is 0.0428. The summed E-state index contributed by atoms with van der Waals surface area (Å²) >= 11 is 0. The zero-order chi connectivity index (χ0) is 14.3. The molecule has 0 aromatic carbocycles. The fourth-order valence-electron chi connectivity index (χ4n) is 1.40. The summed E-state index contributed by atoms with van der Waals surface area (Å²) in [7, 11) is 0. The predicted octanol–water partition coefficient (Wildman–Crippen LogP) is 1.84. The first-order valence-corrected chi connectivity index (χ1v) is 6.39. The maximum Gasteiger partial charge on any atom is 0.407 e. The second-order valence-corrected chi connectivity index (χ2v) is 5.73. The van der Waals surface area contributed by atoms with E-state index in [9.17, 15) is 9.59 Å². The molecule has 0 aromatic heterocycles. The molecular weight excluding hydrogens is 232 g/mol. The third kappa shape index (κ3) is 8.06. The Morgan fingerprint density at radius 1 is 1.28 bits per heavy atom. The first-order valence-electron chi connectivity index (χ1n) is 6.39. The van der Waals surface area contributed by atoms with Crippen LogP contribution in [0.5, 0.6) is 0 Å². The van der Waals surface area contributed by atoms with Crippen molar-refractivity contribution in [3.8, 4) is 0 Å². The van der Waals surface area contributed by atoms with Gasteiger partial charge in [0.05, 0.1) is 6.04 Å². The van der Waals surface area contributed by atoms with Crippen LogP contribution in [0.2, 0.25) is 0 Å². The summed E-state index contributed by atoms with van der Waals surface area (Å²) in [5.41, 5.74) is 5.25. The van der Waals surface area contributed by atoms with Crippen molar-refractivity contribution in [1.82, 2.24) is 5.32 Å². The van der Waals surface area contributed by atoms with Gasteiger partial charge in [0.25, 0.3) is 0 Å². The Bertz CT molecular complexity index is 282. The number of nitrogens with two attached hydrogens (primary N) is 1. The molecule has 0 aliphatic rings. The number of ketones is 1. The Balaban J connectivity index is 3.74. The fraction of sp³-hybridized carbons (Fsp3) is 0.846. The van der Waals surface area contributed by atoms with Crippen LogP contribution >= 0.6 is 0 Å². The van der Waals surface area contributed by atoms with Crippen molar-refractivity contribution in [1.29, 1.82) is 0 Å². The highest BCUT2D eigenvalue weighted by molar-refractivity contribution is 5.85. The molecule has 0 saturated carbocycles. The number of carbonyl (C=O) groups excluding carboxylic acids is 2. The topological polar surface area (TPSA) is 81.4 Å². The summed E-state index contributed by atoms with van der Waals surface area (Å²) in [5, 5.41) is 2.63. The van der Waals surface area contributed by atoms with Crippen LogP contribution in [0.3, 0.4) is 0 Å². The van der Waals surface area contributed by atoms with Gasteiger partial charge in [0, 0.05) is 12.5 Å². The number of nitrogens with one attached hydrogen (secondary N) is 1. The van der Waals surface area contributed by atoms with E-state index < -0.39 is 17.7 Å². The second kappa shape index (κ2) is 7.36. The molecule has 18 heavy (non-hydrogen) atoms. The van der Waals surface area contributed by atoms with E-state index in [2.05, 4.69) is 5.32 Å². The maximum absolute atomic E-state index is 11.5. The molecule has 0 aliphatic heterocycles. The lowest BCUT2D eigenvalue weighted by Gasteiger charge is -2.20. The molecule has 0 fully saturated rings. The summed E-state index contributed by atoms with van der Waals surface area (Å²) in [6.45, 7) is 9.56. The zero-order valence-corrected chi connectivity index (χ0v) is 12.1. The highest BCUT2D eigenvalue weighted by Gasteiger charge is 2.17. The molecule has 0 aromatic rings. The number of amides is 1. The molecule has 1 unspecified atom stereocenters. The maximum atomic E-state index is 11.5.